The number of amides is 1. The van der Waals surface area contributed by atoms with E-state index in [1.807, 2.05) is 0 Å². The van der Waals surface area contributed by atoms with Crippen molar-refractivity contribution in [3.8, 4) is 0 Å². The van der Waals surface area contributed by atoms with Gasteiger partial charge in [-0.2, -0.15) is 0 Å². The largest absolute Gasteiger partial charge is 0.409 e. The molecular weight excluding hydrogens is 258 g/mol. The maximum Gasteiger partial charge on any atom is 0.241 e. The van der Waals surface area contributed by atoms with Gasteiger partial charge in [-0.05, 0) is 32.6 Å². The van der Waals surface area contributed by atoms with Crippen molar-refractivity contribution in [2.24, 2.45) is 16.8 Å². The summed E-state index contributed by atoms with van der Waals surface area (Å²) in [6.07, 6.45) is 2.73. The summed E-state index contributed by atoms with van der Waals surface area (Å²) in [6.45, 7) is 2.65. The van der Waals surface area contributed by atoms with E-state index in [-0.39, 0.29) is 11.8 Å². The Bertz CT molecular complexity index is 466. The number of nitrogens with one attached hydrogen (secondary N) is 1. The Labute approximate surface area is 106 Å². The molecule has 1 fully saturated rings. The molecule has 0 aliphatic heterocycles. The fraction of sp³-hybridized carbons (Fsp3) is 0.800. The van der Waals surface area contributed by atoms with Gasteiger partial charge >= 0.3 is 0 Å². The van der Waals surface area contributed by atoms with Crippen molar-refractivity contribution in [2.45, 2.75) is 37.5 Å². The highest BCUT2D eigenvalue weighted by molar-refractivity contribution is 7.92. The van der Waals surface area contributed by atoms with Gasteiger partial charge in [0.05, 0.1) is 6.04 Å². The van der Waals surface area contributed by atoms with E-state index in [4.69, 9.17) is 10.9 Å². The van der Waals surface area contributed by atoms with Gasteiger partial charge in [0, 0.05) is 6.26 Å². The molecule has 0 saturated heterocycles. The van der Waals surface area contributed by atoms with Crippen LogP contribution >= 0.6 is 0 Å². The molecule has 0 spiro atoms. The molecule has 1 amide bonds. The molecule has 0 aromatic carbocycles. The first-order valence-electron chi connectivity index (χ1n) is 5.59. The van der Waals surface area contributed by atoms with E-state index in [1.165, 1.54) is 13.8 Å². The van der Waals surface area contributed by atoms with E-state index in [2.05, 4.69) is 10.5 Å². The Balaban J connectivity index is 2.86. The van der Waals surface area contributed by atoms with Gasteiger partial charge in [-0.25, -0.2) is 8.42 Å². The molecule has 18 heavy (non-hydrogen) atoms. The summed E-state index contributed by atoms with van der Waals surface area (Å²) in [6, 6.07) is -0.608. The minimum Gasteiger partial charge on any atom is -0.409 e. The van der Waals surface area contributed by atoms with Crippen molar-refractivity contribution < 1.29 is 18.4 Å². The Morgan fingerprint density at radius 3 is 2.33 bits per heavy atom. The topological polar surface area (TPSA) is 122 Å². The first-order valence-corrected chi connectivity index (χ1v) is 7.48. The van der Waals surface area contributed by atoms with E-state index in [0.717, 1.165) is 19.1 Å². The van der Waals surface area contributed by atoms with Crippen LogP contribution in [0, 0.1) is 5.92 Å². The van der Waals surface area contributed by atoms with E-state index < -0.39 is 26.5 Å². The highest BCUT2D eigenvalue weighted by Gasteiger charge is 2.42. The third-order valence-electron chi connectivity index (χ3n) is 3.29. The molecule has 104 valence electrons. The van der Waals surface area contributed by atoms with Crippen LogP contribution in [0.2, 0.25) is 0 Å². The van der Waals surface area contributed by atoms with Crippen molar-refractivity contribution in [3.05, 3.63) is 0 Å². The lowest BCUT2D eigenvalue weighted by molar-refractivity contribution is -0.123. The lowest BCUT2D eigenvalue weighted by atomic mass is 10.1. The normalized spacial score (nSPS) is 19.4. The van der Waals surface area contributed by atoms with Crippen LogP contribution in [-0.2, 0) is 14.6 Å². The van der Waals surface area contributed by atoms with Crippen molar-refractivity contribution in [2.75, 3.05) is 6.26 Å². The molecular formula is C10H19N3O4S. The zero-order chi connectivity index (χ0) is 14.1. The summed E-state index contributed by atoms with van der Waals surface area (Å²) in [7, 11) is -3.54. The van der Waals surface area contributed by atoms with Crippen molar-refractivity contribution in [1.82, 2.24) is 5.32 Å². The van der Waals surface area contributed by atoms with Gasteiger partial charge in [-0.3, -0.25) is 4.79 Å². The van der Waals surface area contributed by atoms with E-state index >= 15 is 0 Å². The second kappa shape index (κ2) is 4.75. The van der Waals surface area contributed by atoms with Crippen LogP contribution in [0.1, 0.15) is 26.7 Å². The molecule has 1 unspecified atom stereocenters. The second-order valence-electron chi connectivity index (χ2n) is 5.10. The summed E-state index contributed by atoms with van der Waals surface area (Å²) < 4.78 is 21.5. The third-order valence-corrected chi connectivity index (χ3v) is 5.33. The number of rotatable bonds is 5. The summed E-state index contributed by atoms with van der Waals surface area (Å²) >= 11 is 0. The van der Waals surface area contributed by atoms with Crippen molar-refractivity contribution >= 4 is 21.6 Å². The average Bonchev–Trinajstić information content (AvgIpc) is 3.06. The second-order valence-corrected chi connectivity index (χ2v) is 7.66. The summed E-state index contributed by atoms with van der Waals surface area (Å²) in [5.41, 5.74) is 5.49. The smallest absolute Gasteiger partial charge is 0.241 e. The molecule has 7 nitrogen and oxygen atoms in total. The van der Waals surface area contributed by atoms with Crippen LogP contribution in [0.15, 0.2) is 5.16 Å². The summed E-state index contributed by atoms with van der Waals surface area (Å²) in [5.74, 6) is -0.635. The average molecular weight is 277 g/mol. The molecule has 0 bridgehead atoms. The Morgan fingerprint density at radius 1 is 1.50 bits per heavy atom. The zero-order valence-electron chi connectivity index (χ0n) is 10.7. The quantitative estimate of drug-likeness (QED) is 0.269. The predicted molar refractivity (Wildman–Crippen MR) is 67.0 cm³/mol. The number of carbonyl (C=O) groups is 1. The molecule has 1 aliphatic rings. The molecule has 1 atom stereocenters. The van der Waals surface area contributed by atoms with Gasteiger partial charge in [0.25, 0.3) is 0 Å². The van der Waals surface area contributed by atoms with Gasteiger partial charge in [0.2, 0.25) is 5.91 Å². The molecule has 0 aromatic rings. The lowest BCUT2D eigenvalue weighted by Gasteiger charge is -2.25. The van der Waals surface area contributed by atoms with Crippen LogP contribution in [-0.4, -0.2) is 42.4 Å². The highest BCUT2D eigenvalue weighted by Crippen LogP contribution is 2.33. The number of carbonyl (C=O) groups excluding carboxylic acids is 1. The number of hydrogen-bond acceptors (Lipinski definition) is 5. The van der Waals surface area contributed by atoms with E-state index in [9.17, 15) is 13.2 Å². The summed E-state index contributed by atoms with van der Waals surface area (Å²) in [5, 5.41) is 14.1. The molecule has 4 N–H and O–H groups in total. The third kappa shape index (κ3) is 2.92. The standard InChI is InChI=1S/C10H19N3O4S/c1-10(2,18(3,16)17)9(14)12-7(6-4-5-6)8(11)13-15/h6-7,15H,4-5H2,1-3H3,(H2,11,13)(H,12,14). The maximum atomic E-state index is 12.0. The fourth-order valence-corrected chi connectivity index (χ4v) is 1.80. The number of sulfone groups is 1. The van der Waals surface area contributed by atoms with Crippen molar-refractivity contribution in [3.63, 3.8) is 0 Å². The van der Waals surface area contributed by atoms with Crippen LogP contribution in [0.4, 0.5) is 0 Å². The Hall–Kier alpha value is -1.31. The zero-order valence-corrected chi connectivity index (χ0v) is 11.5. The lowest BCUT2D eigenvalue weighted by Crippen LogP contribution is -2.54. The molecule has 1 rings (SSSR count). The maximum absolute atomic E-state index is 12.0. The fourth-order valence-electron chi connectivity index (χ4n) is 1.41. The van der Waals surface area contributed by atoms with Gasteiger partial charge in [-0.15, -0.1) is 0 Å². The van der Waals surface area contributed by atoms with E-state index in [0.29, 0.717) is 0 Å². The summed E-state index contributed by atoms with van der Waals surface area (Å²) in [4.78, 5) is 12.0. The van der Waals surface area contributed by atoms with Crippen LogP contribution in [0.25, 0.3) is 0 Å². The van der Waals surface area contributed by atoms with E-state index in [1.54, 1.807) is 0 Å². The van der Waals surface area contributed by atoms with Crippen LogP contribution in [0.3, 0.4) is 0 Å². The van der Waals surface area contributed by atoms with Crippen LogP contribution in [0.5, 0.6) is 0 Å². The van der Waals surface area contributed by atoms with Crippen molar-refractivity contribution in [1.29, 1.82) is 0 Å². The molecule has 0 heterocycles. The minimum absolute atomic E-state index is 0.102. The molecule has 1 saturated carbocycles. The molecule has 1 aliphatic carbocycles. The van der Waals surface area contributed by atoms with Crippen LogP contribution < -0.4 is 11.1 Å². The number of nitrogens with zero attached hydrogens (tertiary/aromatic N) is 1. The number of oxime groups is 1. The number of nitrogens with two attached hydrogens (primary N) is 1. The monoisotopic (exact) mass is 277 g/mol. The van der Waals surface area contributed by atoms with Gasteiger partial charge in [0.15, 0.2) is 15.7 Å². The highest BCUT2D eigenvalue weighted by atomic mass is 32.2. The molecule has 8 heteroatoms. The predicted octanol–water partition coefficient (Wildman–Crippen LogP) is -0.549. The van der Waals surface area contributed by atoms with Gasteiger partial charge < -0.3 is 16.3 Å². The SMILES string of the molecule is CC(C)(C(=O)NC(C(N)=NO)C1CC1)S(C)(=O)=O. The minimum atomic E-state index is -3.54. The Kier molecular flexibility index (Phi) is 3.89. The molecule has 0 aromatic heterocycles. The molecule has 0 radical (unpaired) electrons. The van der Waals surface area contributed by atoms with Gasteiger partial charge in [-0.1, -0.05) is 5.16 Å². The Morgan fingerprint density at radius 2 is 2.00 bits per heavy atom. The first-order chi connectivity index (χ1) is 8.11. The van der Waals surface area contributed by atoms with Gasteiger partial charge in [0.1, 0.15) is 4.75 Å². The first kappa shape index (κ1) is 14.7. The number of hydrogen-bond donors (Lipinski definition) is 3. The number of amidine groups is 1.